The van der Waals surface area contributed by atoms with Crippen LogP contribution in [-0.2, 0) is 0 Å². The lowest BCUT2D eigenvalue weighted by molar-refractivity contribution is 0.0304. The van der Waals surface area contributed by atoms with Crippen LogP contribution in [0.25, 0.3) is 0 Å². The fraction of sp³-hybridized carbons (Fsp3) is 0.700. The molecule has 1 aromatic carbocycles. The highest BCUT2D eigenvalue weighted by Gasteiger charge is 2.28. The van der Waals surface area contributed by atoms with Crippen molar-refractivity contribution in [2.24, 2.45) is 0 Å². The maximum Gasteiger partial charge on any atom is 0.161 e. The van der Waals surface area contributed by atoms with Crippen LogP contribution >= 0.6 is 0 Å². The number of hydrogen-bond donors (Lipinski definition) is 0. The summed E-state index contributed by atoms with van der Waals surface area (Å²) in [6.07, 6.45) is 8.72. The fourth-order valence-corrected chi connectivity index (χ4v) is 4.38. The summed E-state index contributed by atoms with van der Waals surface area (Å²) in [5, 5.41) is 0. The monoisotopic (exact) mass is 330 g/mol. The zero-order valence-corrected chi connectivity index (χ0v) is 14.7. The van der Waals surface area contributed by atoms with Crippen molar-refractivity contribution in [3.63, 3.8) is 0 Å². The van der Waals surface area contributed by atoms with Crippen LogP contribution in [-0.4, -0.2) is 61.3 Å². The highest BCUT2D eigenvalue weighted by atomic mass is 16.6. The fourth-order valence-electron chi connectivity index (χ4n) is 4.38. The van der Waals surface area contributed by atoms with Gasteiger partial charge in [-0.05, 0) is 25.0 Å². The van der Waals surface area contributed by atoms with E-state index in [1.165, 1.54) is 51.6 Å². The van der Waals surface area contributed by atoms with Gasteiger partial charge < -0.3 is 9.47 Å². The molecular weight excluding hydrogens is 300 g/mol. The van der Waals surface area contributed by atoms with Crippen molar-refractivity contribution in [2.75, 3.05) is 39.3 Å². The highest BCUT2D eigenvalue weighted by Crippen LogP contribution is 2.31. The SMILES string of the molecule is c1ccc2c(c1)OCC(CN1CCN(C3CCCCCC3)CC1)O2. The largest absolute Gasteiger partial charge is 0.486 e. The van der Waals surface area contributed by atoms with Crippen molar-refractivity contribution >= 4 is 0 Å². The highest BCUT2D eigenvalue weighted by molar-refractivity contribution is 5.40. The first kappa shape index (κ1) is 16.2. The zero-order chi connectivity index (χ0) is 16.2. The molecule has 0 amide bonds. The Kier molecular flexibility index (Phi) is 5.24. The molecule has 132 valence electrons. The molecule has 0 bridgehead atoms. The molecular formula is C20H30N2O2. The topological polar surface area (TPSA) is 24.9 Å². The van der Waals surface area contributed by atoms with Gasteiger partial charge in [-0.3, -0.25) is 9.80 Å². The van der Waals surface area contributed by atoms with Gasteiger partial charge in [-0.2, -0.15) is 0 Å². The number of hydrogen-bond acceptors (Lipinski definition) is 4. The van der Waals surface area contributed by atoms with E-state index in [1.807, 2.05) is 24.3 Å². The summed E-state index contributed by atoms with van der Waals surface area (Å²) < 4.78 is 12.0. The van der Waals surface area contributed by atoms with E-state index < -0.39 is 0 Å². The van der Waals surface area contributed by atoms with Crippen molar-refractivity contribution in [2.45, 2.75) is 50.7 Å². The van der Waals surface area contributed by atoms with E-state index in [1.54, 1.807) is 0 Å². The third kappa shape index (κ3) is 3.86. The van der Waals surface area contributed by atoms with Gasteiger partial charge in [0, 0.05) is 38.8 Å². The average Bonchev–Trinajstić information content (AvgIpc) is 2.92. The molecule has 1 aromatic rings. The molecule has 4 rings (SSSR count). The molecule has 2 fully saturated rings. The lowest BCUT2D eigenvalue weighted by Gasteiger charge is -2.40. The Balaban J connectivity index is 1.25. The van der Waals surface area contributed by atoms with Gasteiger partial charge >= 0.3 is 0 Å². The van der Waals surface area contributed by atoms with E-state index in [0.29, 0.717) is 6.61 Å². The Morgan fingerprint density at radius 3 is 2.33 bits per heavy atom. The molecule has 1 saturated heterocycles. The second-order valence-corrected chi connectivity index (χ2v) is 7.48. The number of benzene rings is 1. The van der Waals surface area contributed by atoms with Crippen LogP contribution in [0.2, 0.25) is 0 Å². The summed E-state index contributed by atoms with van der Waals surface area (Å²) in [4.78, 5) is 5.30. The van der Waals surface area contributed by atoms with E-state index in [4.69, 9.17) is 9.47 Å². The van der Waals surface area contributed by atoms with Gasteiger partial charge in [-0.15, -0.1) is 0 Å². The van der Waals surface area contributed by atoms with Crippen molar-refractivity contribution in [3.8, 4) is 11.5 Å². The minimum atomic E-state index is 0.157. The van der Waals surface area contributed by atoms with Crippen LogP contribution in [0.15, 0.2) is 24.3 Å². The molecule has 1 saturated carbocycles. The number of ether oxygens (including phenoxy) is 2. The summed E-state index contributed by atoms with van der Waals surface area (Å²) >= 11 is 0. The van der Waals surface area contributed by atoms with E-state index in [9.17, 15) is 0 Å². The molecule has 4 nitrogen and oxygen atoms in total. The number of para-hydroxylation sites is 2. The van der Waals surface area contributed by atoms with E-state index in [0.717, 1.165) is 37.2 Å². The van der Waals surface area contributed by atoms with Gasteiger partial charge in [0.15, 0.2) is 11.5 Å². The Bertz CT molecular complexity index is 520. The van der Waals surface area contributed by atoms with Gasteiger partial charge in [0.2, 0.25) is 0 Å². The molecule has 0 radical (unpaired) electrons. The number of fused-ring (bicyclic) bond motifs is 1. The van der Waals surface area contributed by atoms with Crippen LogP contribution in [0.4, 0.5) is 0 Å². The van der Waals surface area contributed by atoms with Gasteiger partial charge in [0.05, 0.1) is 0 Å². The first-order chi connectivity index (χ1) is 11.9. The van der Waals surface area contributed by atoms with E-state index >= 15 is 0 Å². The molecule has 2 aliphatic heterocycles. The molecule has 1 aliphatic carbocycles. The minimum Gasteiger partial charge on any atom is -0.486 e. The smallest absolute Gasteiger partial charge is 0.161 e. The second-order valence-electron chi connectivity index (χ2n) is 7.48. The standard InChI is InChI=1S/C20H30N2O2/c1-2-4-8-17(7-3-1)22-13-11-21(12-14-22)15-18-16-23-19-9-5-6-10-20(19)24-18/h5-6,9-10,17-18H,1-4,7-8,11-16H2. The Morgan fingerprint density at radius 2 is 1.58 bits per heavy atom. The molecule has 24 heavy (non-hydrogen) atoms. The summed E-state index contributed by atoms with van der Waals surface area (Å²) in [6.45, 7) is 6.41. The molecule has 1 atom stereocenters. The predicted octanol–water partition coefficient (Wildman–Crippen LogP) is 3.17. The Labute approximate surface area is 145 Å². The number of nitrogens with zero attached hydrogens (tertiary/aromatic N) is 2. The lowest BCUT2D eigenvalue weighted by atomic mass is 10.1. The average molecular weight is 330 g/mol. The molecule has 1 unspecified atom stereocenters. The summed E-state index contributed by atoms with van der Waals surface area (Å²) in [5.41, 5.74) is 0. The third-order valence-corrected chi connectivity index (χ3v) is 5.78. The van der Waals surface area contributed by atoms with Crippen LogP contribution in [0, 0.1) is 0 Å². The molecule has 0 spiro atoms. The van der Waals surface area contributed by atoms with Crippen LogP contribution in [0.3, 0.4) is 0 Å². The quantitative estimate of drug-likeness (QED) is 0.795. The predicted molar refractivity (Wildman–Crippen MR) is 95.9 cm³/mol. The van der Waals surface area contributed by atoms with Crippen molar-refractivity contribution in [3.05, 3.63) is 24.3 Å². The normalized spacial score (nSPS) is 26.9. The van der Waals surface area contributed by atoms with E-state index in [-0.39, 0.29) is 6.10 Å². The Morgan fingerprint density at radius 1 is 0.875 bits per heavy atom. The van der Waals surface area contributed by atoms with Gasteiger partial charge in [-0.1, -0.05) is 37.8 Å². The maximum absolute atomic E-state index is 6.11. The third-order valence-electron chi connectivity index (χ3n) is 5.78. The second kappa shape index (κ2) is 7.75. The van der Waals surface area contributed by atoms with Crippen molar-refractivity contribution < 1.29 is 9.47 Å². The zero-order valence-electron chi connectivity index (χ0n) is 14.7. The maximum atomic E-state index is 6.11. The van der Waals surface area contributed by atoms with Gasteiger partial charge in [-0.25, -0.2) is 0 Å². The Hall–Kier alpha value is -1.26. The molecule has 2 heterocycles. The van der Waals surface area contributed by atoms with Crippen LogP contribution in [0.1, 0.15) is 38.5 Å². The molecule has 0 N–H and O–H groups in total. The molecule has 0 aromatic heterocycles. The van der Waals surface area contributed by atoms with Crippen LogP contribution in [0.5, 0.6) is 11.5 Å². The molecule has 4 heteroatoms. The summed E-state index contributed by atoms with van der Waals surface area (Å²) in [6, 6.07) is 8.84. The van der Waals surface area contributed by atoms with Gasteiger partial charge in [0.1, 0.15) is 12.7 Å². The lowest BCUT2D eigenvalue weighted by Crippen LogP contribution is -2.53. The number of rotatable bonds is 3. The van der Waals surface area contributed by atoms with Gasteiger partial charge in [0.25, 0.3) is 0 Å². The van der Waals surface area contributed by atoms with E-state index in [2.05, 4.69) is 9.80 Å². The number of piperazine rings is 1. The van der Waals surface area contributed by atoms with Crippen molar-refractivity contribution in [1.29, 1.82) is 0 Å². The summed E-state index contributed by atoms with van der Waals surface area (Å²) in [5.74, 6) is 1.78. The first-order valence-electron chi connectivity index (χ1n) is 9.73. The van der Waals surface area contributed by atoms with Crippen molar-refractivity contribution in [1.82, 2.24) is 9.80 Å². The minimum absolute atomic E-state index is 0.157. The molecule has 3 aliphatic rings. The first-order valence-corrected chi connectivity index (χ1v) is 9.73. The van der Waals surface area contributed by atoms with Crippen LogP contribution < -0.4 is 9.47 Å². The summed E-state index contributed by atoms with van der Waals surface area (Å²) in [7, 11) is 0.